The summed E-state index contributed by atoms with van der Waals surface area (Å²) in [5.74, 6) is -1.62. The largest absolute Gasteiger partial charge is 0.460 e. The molecule has 6 rings (SSSR count). The van der Waals surface area contributed by atoms with Crippen LogP contribution in [0.25, 0.3) is 11.1 Å². The average molecular weight is 1190 g/mol. The first-order valence-electron chi connectivity index (χ1n) is 31.0. The van der Waals surface area contributed by atoms with Crippen LogP contribution in [-0.2, 0) is 53.2 Å². The van der Waals surface area contributed by atoms with Crippen molar-refractivity contribution in [3.63, 3.8) is 0 Å². The molecule has 0 bridgehead atoms. The molecule has 15 heteroatoms. The summed E-state index contributed by atoms with van der Waals surface area (Å²) < 4.78 is 34.8. The lowest BCUT2D eigenvalue weighted by Gasteiger charge is -2.37. The molecule has 3 amide bonds. The summed E-state index contributed by atoms with van der Waals surface area (Å²) in [6.07, 6.45) is 16.3. The lowest BCUT2D eigenvalue weighted by molar-refractivity contribution is -0.158. The quantitative estimate of drug-likeness (QED) is 0.0147. The van der Waals surface area contributed by atoms with Crippen molar-refractivity contribution in [1.82, 2.24) is 16.0 Å². The van der Waals surface area contributed by atoms with Crippen molar-refractivity contribution in [2.45, 2.75) is 166 Å². The maximum atomic E-state index is 14.7. The van der Waals surface area contributed by atoms with E-state index in [4.69, 9.17) is 40.0 Å². The summed E-state index contributed by atoms with van der Waals surface area (Å²) >= 11 is 6.94. The fourth-order valence-electron chi connectivity index (χ4n) is 10.7. The minimum Gasteiger partial charge on any atom is -0.460 e. The zero-order valence-electron chi connectivity index (χ0n) is 50.5. The first-order valence-corrected chi connectivity index (χ1v) is 31.4. The van der Waals surface area contributed by atoms with E-state index in [9.17, 15) is 24.0 Å². The van der Waals surface area contributed by atoms with Gasteiger partial charge in [0.25, 0.3) is 0 Å². The molecule has 5 aromatic carbocycles. The van der Waals surface area contributed by atoms with Gasteiger partial charge in [-0.15, -0.1) is 0 Å². The minimum absolute atomic E-state index is 0.0101. The molecule has 0 spiro atoms. The summed E-state index contributed by atoms with van der Waals surface area (Å²) in [6, 6.07) is 41.1. The molecule has 0 fully saturated rings. The number of ether oxygens (including phenoxy) is 6. The van der Waals surface area contributed by atoms with E-state index in [0.717, 1.165) is 44.9 Å². The molecule has 0 heterocycles. The third-order valence-electron chi connectivity index (χ3n) is 14.9. The summed E-state index contributed by atoms with van der Waals surface area (Å²) in [6.45, 7) is 9.03. The number of halogens is 1. The molecule has 1 aliphatic rings. The first-order chi connectivity index (χ1) is 41.4. The number of unbranched alkanes of at least 4 members (excludes halogenated alkanes) is 13. The van der Waals surface area contributed by atoms with E-state index < -0.39 is 35.2 Å². The van der Waals surface area contributed by atoms with Crippen molar-refractivity contribution in [3.05, 3.63) is 166 Å². The molecule has 14 nitrogen and oxygen atoms in total. The molecule has 0 aliphatic heterocycles. The highest BCUT2D eigenvalue weighted by Gasteiger charge is 2.44. The van der Waals surface area contributed by atoms with Crippen LogP contribution in [0, 0.1) is 0 Å². The Morgan fingerprint density at radius 1 is 0.482 bits per heavy atom. The molecule has 1 atom stereocenters. The number of fused-ring (bicyclic) bond motifs is 3. The second-order valence-electron chi connectivity index (χ2n) is 22.8. The van der Waals surface area contributed by atoms with Crippen molar-refractivity contribution in [1.29, 1.82) is 0 Å². The van der Waals surface area contributed by atoms with E-state index in [1.807, 2.05) is 124 Å². The highest BCUT2D eigenvalue weighted by Crippen LogP contribution is 2.45. The SMILES string of the molecule is CC(C)(C)OC(=O)CCCCCCCCCCCCCCCCC(=O)N[C@@H](CC(=O)NCCCOCCOCCOCCCNC(=O)OCC1c2ccccc2-c2ccccc21)C(=O)OC(c1ccccc1)(c1ccccc1)c1ccccc1Cl. The zero-order chi connectivity index (χ0) is 60.4. The summed E-state index contributed by atoms with van der Waals surface area (Å²) in [7, 11) is 0. The molecule has 0 unspecified atom stereocenters. The van der Waals surface area contributed by atoms with Crippen molar-refractivity contribution in [2.24, 2.45) is 0 Å². The highest BCUT2D eigenvalue weighted by molar-refractivity contribution is 6.31. The van der Waals surface area contributed by atoms with Crippen molar-refractivity contribution in [3.8, 4) is 11.1 Å². The van der Waals surface area contributed by atoms with Crippen LogP contribution >= 0.6 is 11.6 Å². The second kappa shape index (κ2) is 37.8. The van der Waals surface area contributed by atoms with Crippen molar-refractivity contribution < 1.29 is 52.4 Å². The van der Waals surface area contributed by atoms with Gasteiger partial charge in [-0.2, -0.15) is 0 Å². The van der Waals surface area contributed by atoms with Gasteiger partial charge in [0.15, 0.2) is 5.60 Å². The number of alkyl carbamates (subject to hydrolysis) is 1. The Kier molecular flexibility index (Phi) is 30.0. The maximum Gasteiger partial charge on any atom is 0.407 e. The number of nitrogens with one attached hydrogen (secondary N) is 3. The maximum absolute atomic E-state index is 14.7. The van der Waals surface area contributed by atoms with E-state index in [1.165, 1.54) is 60.8 Å². The van der Waals surface area contributed by atoms with Gasteiger partial charge in [0.2, 0.25) is 11.8 Å². The minimum atomic E-state index is -1.52. The Bertz CT molecular complexity index is 2690. The van der Waals surface area contributed by atoms with Crippen molar-refractivity contribution >= 4 is 41.4 Å². The van der Waals surface area contributed by atoms with Crippen LogP contribution in [0.2, 0.25) is 5.02 Å². The molecule has 1 aliphatic carbocycles. The van der Waals surface area contributed by atoms with Crippen LogP contribution in [-0.4, -0.2) is 101 Å². The Morgan fingerprint density at radius 2 is 0.929 bits per heavy atom. The van der Waals surface area contributed by atoms with E-state index in [1.54, 1.807) is 6.07 Å². The number of rotatable bonds is 41. The third-order valence-corrected chi connectivity index (χ3v) is 15.3. The Morgan fingerprint density at radius 3 is 1.45 bits per heavy atom. The monoisotopic (exact) mass is 1190 g/mol. The summed E-state index contributed by atoms with van der Waals surface area (Å²) in [5.41, 5.74) is 4.59. The lowest BCUT2D eigenvalue weighted by atomic mass is 9.80. The summed E-state index contributed by atoms with van der Waals surface area (Å²) in [4.78, 5) is 66.4. The molecule has 0 aromatic heterocycles. The lowest BCUT2D eigenvalue weighted by Crippen LogP contribution is -2.48. The predicted octanol–water partition coefficient (Wildman–Crippen LogP) is 14.1. The summed E-state index contributed by atoms with van der Waals surface area (Å²) in [5, 5.41) is 8.97. The Balaban J connectivity index is 0.864. The molecule has 0 radical (unpaired) electrons. The molecular weight excluding hydrogens is 1090 g/mol. The molecule has 85 heavy (non-hydrogen) atoms. The number of hydrogen-bond acceptors (Lipinski definition) is 11. The molecule has 5 aromatic rings. The van der Waals surface area contributed by atoms with Crippen molar-refractivity contribution in [2.75, 3.05) is 59.3 Å². The van der Waals surface area contributed by atoms with Gasteiger partial charge in [-0.05, 0) is 74.8 Å². The standard InChI is InChI=1S/C70H92ClN3O11/c1-69(2,3)84-66(77)43-23-15-13-11-9-7-5-4-6-8-10-12-14-22-42-64(75)74-63(67(78)85-70(54-32-18-16-19-33-54,55-34-20-17-21-35-55)61-40-28-29-41-62(61)71)52-65(76)72-44-30-46-80-48-50-82-51-49-81-47-31-45-73-68(79)83-53-60-58-38-26-24-36-56(58)57-37-25-27-39-59(57)60/h16-21,24-29,32-41,60,63H,4-15,22-23,30-31,42-53H2,1-3H3,(H,72,76)(H,73,79)(H,74,75)/t63-/m0/s1. The van der Waals surface area contributed by atoms with Gasteiger partial charge in [-0.1, -0.05) is 216 Å². The van der Waals surface area contributed by atoms with Crippen LogP contribution in [0.15, 0.2) is 133 Å². The van der Waals surface area contributed by atoms with Crippen LogP contribution < -0.4 is 16.0 Å². The molecular formula is C70H92ClN3O11. The average Bonchev–Trinajstić information content (AvgIpc) is 1.84. The number of benzene rings is 5. The topological polar surface area (TPSA) is 177 Å². The van der Waals surface area contributed by atoms with Gasteiger partial charge in [-0.3, -0.25) is 14.4 Å². The van der Waals surface area contributed by atoms with Gasteiger partial charge in [0.1, 0.15) is 18.2 Å². The number of carbonyl (C=O) groups excluding carboxylic acids is 5. The van der Waals surface area contributed by atoms with Gasteiger partial charge in [0, 0.05) is 66.8 Å². The number of hydrogen-bond donors (Lipinski definition) is 3. The van der Waals surface area contributed by atoms with Crippen LogP contribution in [0.5, 0.6) is 0 Å². The molecule has 3 N–H and O–H groups in total. The smallest absolute Gasteiger partial charge is 0.407 e. The fourth-order valence-corrected chi connectivity index (χ4v) is 11.0. The second-order valence-corrected chi connectivity index (χ2v) is 23.2. The molecule has 0 saturated heterocycles. The predicted molar refractivity (Wildman–Crippen MR) is 334 cm³/mol. The fraction of sp³-hybridized carbons (Fsp3) is 0.500. The van der Waals surface area contributed by atoms with Gasteiger partial charge < -0.3 is 44.4 Å². The number of amides is 3. The van der Waals surface area contributed by atoms with Crippen LogP contribution in [0.1, 0.15) is 177 Å². The molecule has 0 saturated carbocycles. The van der Waals surface area contributed by atoms with E-state index >= 15 is 0 Å². The Hall–Kier alpha value is -6.58. The normalized spacial score (nSPS) is 12.4. The van der Waals surface area contributed by atoms with Crippen LogP contribution in [0.4, 0.5) is 4.79 Å². The van der Waals surface area contributed by atoms with Crippen LogP contribution in [0.3, 0.4) is 0 Å². The third kappa shape index (κ3) is 23.7. The van der Waals surface area contributed by atoms with Gasteiger partial charge in [0.05, 0.1) is 32.8 Å². The first kappa shape index (κ1) is 67.5. The zero-order valence-corrected chi connectivity index (χ0v) is 51.3. The van der Waals surface area contributed by atoms with Gasteiger partial charge in [-0.25, -0.2) is 9.59 Å². The van der Waals surface area contributed by atoms with E-state index in [2.05, 4.69) is 40.2 Å². The Labute approximate surface area is 510 Å². The van der Waals surface area contributed by atoms with Gasteiger partial charge >= 0.3 is 18.0 Å². The van der Waals surface area contributed by atoms with E-state index in [-0.39, 0.29) is 43.8 Å². The number of carbonyl (C=O) groups is 5. The van der Waals surface area contributed by atoms with E-state index in [0.29, 0.717) is 93.6 Å². The molecule has 460 valence electrons. The highest BCUT2D eigenvalue weighted by atomic mass is 35.5. The number of esters is 2.